The van der Waals surface area contributed by atoms with Gasteiger partial charge in [0.15, 0.2) is 5.69 Å². The van der Waals surface area contributed by atoms with Crippen LogP contribution < -0.4 is 4.83 Å². The third-order valence-electron chi connectivity index (χ3n) is 2.62. The van der Waals surface area contributed by atoms with Gasteiger partial charge in [0.1, 0.15) is 4.90 Å². The van der Waals surface area contributed by atoms with Crippen molar-refractivity contribution in [3.8, 4) is 0 Å². The molecule has 1 aliphatic rings. The number of nitrogens with one attached hydrogen (secondary N) is 2. The van der Waals surface area contributed by atoms with Gasteiger partial charge in [-0.3, -0.25) is 5.10 Å². The quantitative estimate of drug-likeness (QED) is 0.645. The molecule has 0 unspecified atom stereocenters. The number of hydrogen-bond donors (Lipinski definition) is 3. The second-order valence-electron chi connectivity index (χ2n) is 4.03. The normalized spacial score (nSPS) is 17.5. The minimum absolute atomic E-state index is 0.179. The summed E-state index contributed by atoms with van der Waals surface area (Å²) < 4.78 is 29.5. The first kappa shape index (κ1) is 13.9. The fourth-order valence-electron chi connectivity index (χ4n) is 1.76. The number of hydrogen-bond acceptors (Lipinski definition) is 6. The lowest BCUT2D eigenvalue weighted by atomic mass is 10.4. The minimum Gasteiger partial charge on any atom is -0.476 e. The number of aromatic nitrogens is 2. The SMILES string of the molecule is Cc1[nH]nc(C(=O)O)c1S(=O)(=O)NN1CCOCC1. The van der Waals surface area contributed by atoms with Crippen LogP contribution in [-0.4, -0.2) is 61.0 Å². The summed E-state index contributed by atoms with van der Waals surface area (Å²) in [5.41, 5.74) is -0.337. The lowest BCUT2D eigenvalue weighted by Gasteiger charge is -2.26. The smallest absolute Gasteiger partial charge is 0.357 e. The van der Waals surface area contributed by atoms with Crippen molar-refractivity contribution in [3.05, 3.63) is 11.4 Å². The zero-order chi connectivity index (χ0) is 14.0. The summed E-state index contributed by atoms with van der Waals surface area (Å²) in [6, 6.07) is 0. The van der Waals surface area contributed by atoms with Crippen molar-refractivity contribution in [1.82, 2.24) is 20.0 Å². The van der Waals surface area contributed by atoms with Gasteiger partial charge in [-0.25, -0.2) is 18.2 Å². The van der Waals surface area contributed by atoms with Crippen molar-refractivity contribution < 1.29 is 23.1 Å². The number of morpholine rings is 1. The molecule has 0 atom stereocenters. The molecule has 0 radical (unpaired) electrons. The highest BCUT2D eigenvalue weighted by Crippen LogP contribution is 2.17. The van der Waals surface area contributed by atoms with E-state index in [9.17, 15) is 13.2 Å². The van der Waals surface area contributed by atoms with E-state index in [4.69, 9.17) is 9.84 Å². The van der Waals surface area contributed by atoms with Gasteiger partial charge in [-0.1, -0.05) is 0 Å². The van der Waals surface area contributed by atoms with Crippen molar-refractivity contribution in [1.29, 1.82) is 0 Å². The summed E-state index contributed by atoms with van der Waals surface area (Å²) in [5.74, 6) is -1.40. The average Bonchev–Trinajstić information content (AvgIpc) is 2.73. The van der Waals surface area contributed by atoms with Crippen molar-refractivity contribution >= 4 is 16.0 Å². The van der Waals surface area contributed by atoms with Gasteiger partial charge in [0, 0.05) is 13.1 Å². The largest absolute Gasteiger partial charge is 0.476 e. The minimum atomic E-state index is -3.98. The number of carboxylic acid groups (broad SMARTS) is 1. The Balaban J connectivity index is 2.28. The van der Waals surface area contributed by atoms with Gasteiger partial charge in [0.25, 0.3) is 10.0 Å². The van der Waals surface area contributed by atoms with Crippen molar-refractivity contribution in [2.75, 3.05) is 26.3 Å². The van der Waals surface area contributed by atoms with Crippen LogP contribution in [0.2, 0.25) is 0 Å². The molecule has 0 bridgehead atoms. The molecule has 0 spiro atoms. The van der Waals surface area contributed by atoms with Crippen LogP contribution in [0.5, 0.6) is 0 Å². The third kappa shape index (κ3) is 2.92. The maximum Gasteiger partial charge on any atom is 0.357 e. The molecule has 1 aromatic rings. The lowest BCUT2D eigenvalue weighted by Crippen LogP contribution is -2.48. The van der Waals surface area contributed by atoms with Crippen molar-refractivity contribution in [2.45, 2.75) is 11.8 Å². The molecule has 19 heavy (non-hydrogen) atoms. The number of sulfonamides is 1. The van der Waals surface area contributed by atoms with E-state index in [2.05, 4.69) is 15.0 Å². The molecule has 1 saturated heterocycles. The lowest BCUT2D eigenvalue weighted by molar-refractivity contribution is 0.0272. The molecular weight excluding hydrogens is 276 g/mol. The molecule has 1 fully saturated rings. The maximum atomic E-state index is 12.2. The maximum absolute atomic E-state index is 12.2. The summed E-state index contributed by atoms with van der Waals surface area (Å²) in [6.45, 7) is 3.09. The number of rotatable bonds is 4. The zero-order valence-electron chi connectivity index (χ0n) is 10.2. The van der Waals surface area contributed by atoms with Gasteiger partial charge in [-0.05, 0) is 6.92 Å². The van der Waals surface area contributed by atoms with Crippen LogP contribution in [0.25, 0.3) is 0 Å². The van der Waals surface area contributed by atoms with Gasteiger partial charge < -0.3 is 9.84 Å². The number of hydrazine groups is 1. The van der Waals surface area contributed by atoms with Crippen molar-refractivity contribution in [3.63, 3.8) is 0 Å². The molecule has 1 aliphatic heterocycles. The molecule has 0 amide bonds. The van der Waals surface area contributed by atoms with Crippen LogP contribution in [0.1, 0.15) is 16.2 Å². The second-order valence-corrected chi connectivity index (χ2v) is 5.62. The summed E-state index contributed by atoms with van der Waals surface area (Å²) >= 11 is 0. The van der Waals surface area contributed by atoms with E-state index < -0.39 is 21.7 Å². The second kappa shape index (κ2) is 5.25. The van der Waals surface area contributed by atoms with E-state index in [1.165, 1.54) is 11.9 Å². The molecule has 9 nitrogen and oxygen atoms in total. The number of aryl methyl sites for hydroxylation is 1. The summed E-state index contributed by atoms with van der Waals surface area (Å²) in [6.07, 6.45) is 0. The highest BCUT2D eigenvalue weighted by molar-refractivity contribution is 7.89. The zero-order valence-corrected chi connectivity index (χ0v) is 11.0. The van der Waals surface area contributed by atoms with Gasteiger partial charge in [0.2, 0.25) is 0 Å². The number of aromatic amines is 1. The van der Waals surface area contributed by atoms with E-state index in [1.54, 1.807) is 0 Å². The number of aromatic carboxylic acids is 1. The van der Waals surface area contributed by atoms with Gasteiger partial charge >= 0.3 is 5.97 Å². The molecule has 0 saturated carbocycles. The first-order valence-corrected chi connectivity index (χ1v) is 7.03. The third-order valence-corrected chi connectivity index (χ3v) is 4.16. The Kier molecular flexibility index (Phi) is 3.85. The number of carbonyl (C=O) groups is 1. The Morgan fingerprint density at radius 1 is 1.47 bits per heavy atom. The predicted molar refractivity (Wildman–Crippen MR) is 63.0 cm³/mol. The Labute approximate surface area is 109 Å². The van der Waals surface area contributed by atoms with E-state index in [0.717, 1.165) is 0 Å². The average molecular weight is 290 g/mol. The molecule has 10 heteroatoms. The van der Waals surface area contributed by atoms with Crippen LogP contribution in [0.15, 0.2) is 4.90 Å². The Morgan fingerprint density at radius 3 is 2.68 bits per heavy atom. The monoisotopic (exact) mass is 290 g/mol. The van der Waals surface area contributed by atoms with Crippen LogP contribution in [0, 0.1) is 6.92 Å². The number of H-pyrrole nitrogens is 1. The summed E-state index contributed by atoms with van der Waals surface area (Å²) in [5, 5.41) is 16.3. The molecule has 0 aromatic carbocycles. The van der Waals surface area contributed by atoms with Crippen molar-refractivity contribution in [2.24, 2.45) is 0 Å². The molecule has 2 rings (SSSR count). The first-order chi connectivity index (χ1) is 8.92. The highest BCUT2D eigenvalue weighted by Gasteiger charge is 2.30. The molecule has 1 aromatic heterocycles. The number of ether oxygens (including phenoxy) is 1. The molecule has 2 heterocycles. The first-order valence-electron chi connectivity index (χ1n) is 5.55. The van der Waals surface area contributed by atoms with Crippen LogP contribution >= 0.6 is 0 Å². The molecule has 3 N–H and O–H groups in total. The van der Waals surface area contributed by atoms with E-state index in [-0.39, 0.29) is 10.6 Å². The van der Waals surface area contributed by atoms with Crippen LogP contribution in [0.4, 0.5) is 0 Å². The Morgan fingerprint density at radius 2 is 2.11 bits per heavy atom. The van der Waals surface area contributed by atoms with Crippen LogP contribution in [0.3, 0.4) is 0 Å². The molecule has 0 aliphatic carbocycles. The van der Waals surface area contributed by atoms with E-state index in [1.807, 2.05) is 0 Å². The van der Waals surface area contributed by atoms with Crippen LogP contribution in [-0.2, 0) is 14.8 Å². The summed E-state index contributed by atoms with van der Waals surface area (Å²) in [7, 11) is -3.98. The van der Waals surface area contributed by atoms with Gasteiger partial charge in [-0.15, -0.1) is 4.83 Å². The fraction of sp³-hybridized carbons (Fsp3) is 0.556. The number of nitrogens with zero attached hydrogens (tertiary/aromatic N) is 2. The van der Waals surface area contributed by atoms with Gasteiger partial charge in [-0.2, -0.15) is 5.10 Å². The standard InChI is InChI=1S/C9H14N4O5S/c1-6-8(7(9(14)15)11-10-6)19(16,17)12-13-2-4-18-5-3-13/h12H,2-5H2,1H3,(H,10,11)(H,14,15). The summed E-state index contributed by atoms with van der Waals surface area (Å²) in [4.78, 5) is 13.0. The van der Waals surface area contributed by atoms with Gasteiger partial charge in [0.05, 0.1) is 18.9 Å². The molecular formula is C9H14N4O5S. The predicted octanol–water partition coefficient (Wildman–Crippen LogP) is -1.06. The Hall–Kier alpha value is -1.49. The molecule has 106 valence electrons. The van der Waals surface area contributed by atoms with E-state index in [0.29, 0.717) is 26.3 Å². The number of carboxylic acids is 1. The van der Waals surface area contributed by atoms with E-state index >= 15 is 0 Å². The Bertz CT molecular complexity index is 575. The highest BCUT2D eigenvalue weighted by atomic mass is 32.2. The fourth-order valence-corrected chi connectivity index (χ4v) is 3.21. The topological polar surface area (TPSA) is 125 Å².